The SMILES string of the molecule is Cc1ccc(N2CCC(=O)CC2)cc1.Cc1ccc(N2CCc3nc(-c4ccccn4)ncc3C2)cc1. The summed E-state index contributed by atoms with van der Waals surface area (Å²) in [5.41, 5.74) is 8.24. The van der Waals surface area contributed by atoms with Gasteiger partial charge in [0.25, 0.3) is 0 Å². The topological polar surface area (TPSA) is 62.2 Å². The van der Waals surface area contributed by atoms with Crippen molar-refractivity contribution >= 4 is 17.2 Å². The number of rotatable bonds is 3. The molecule has 2 aliphatic rings. The van der Waals surface area contributed by atoms with E-state index in [1.165, 1.54) is 28.1 Å². The second-order valence-corrected chi connectivity index (χ2v) is 9.75. The van der Waals surface area contributed by atoms with E-state index in [1.54, 1.807) is 6.20 Å². The molecule has 2 aromatic carbocycles. The molecule has 4 aromatic rings. The zero-order chi connectivity index (χ0) is 25.6. The lowest BCUT2D eigenvalue weighted by atomic mass is 10.1. The molecular formula is C31H33N5O. The Bertz CT molecular complexity index is 1330. The summed E-state index contributed by atoms with van der Waals surface area (Å²) in [7, 11) is 0. The molecular weight excluding hydrogens is 458 g/mol. The molecule has 188 valence electrons. The quantitative estimate of drug-likeness (QED) is 0.373. The zero-order valence-corrected chi connectivity index (χ0v) is 21.6. The summed E-state index contributed by atoms with van der Waals surface area (Å²) in [6.45, 7) is 7.80. The van der Waals surface area contributed by atoms with Crippen LogP contribution < -0.4 is 9.80 Å². The molecule has 2 aliphatic heterocycles. The van der Waals surface area contributed by atoms with Crippen molar-refractivity contribution in [1.82, 2.24) is 15.0 Å². The van der Waals surface area contributed by atoms with Gasteiger partial charge in [0, 0.05) is 74.8 Å². The Balaban J connectivity index is 0.000000171. The molecule has 6 nitrogen and oxygen atoms in total. The summed E-state index contributed by atoms with van der Waals surface area (Å²) < 4.78 is 0. The first-order valence-electron chi connectivity index (χ1n) is 13.0. The van der Waals surface area contributed by atoms with E-state index in [-0.39, 0.29) is 0 Å². The molecule has 0 atom stereocenters. The molecule has 4 heterocycles. The molecule has 0 unspecified atom stereocenters. The van der Waals surface area contributed by atoms with Crippen LogP contribution in [-0.2, 0) is 17.8 Å². The smallest absolute Gasteiger partial charge is 0.178 e. The maximum atomic E-state index is 11.1. The first-order valence-corrected chi connectivity index (χ1v) is 13.0. The van der Waals surface area contributed by atoms with E-state index in [0.29, 0.717) is 24.4 Å². The molecule has 0 aliphatic carbocycles. The Morgan fingerprint density at radius 1 is 0.703 bits per heavy atom. The van der Waals surface area contributed by atoms with Crippen LogP contribution in [0.1, 0.15) is 35.2 Å². The van der Waals surface area contributed by atoms with Gasteiger partial charge in [0.05, 0.1) is 5.69 Å². The van der Waals surface area contributed by atoms with Crippen molar-refractivity contribution in [2.75, 3.05) is 29.4 Å². The Morgan fingerprint density at radius 3 is 1.95 bits per heavy atom. The highest BCUT2D eigenvalue weighted by Crippen LogP contribution is 2.25. The van der Waals surface area contributed by atoms with Gasteiger partial charge in [-0.25, -0.2) is 9.97 Å². The van der Waals surface area contributed by atoms with Crippen molar-refractivity contribution in [3.05, 3.63) is 102 Å². The van der Waals surface area contributed by atoms with Crippen LogP contribution in [0.2, 0.25) is 0 Å². The summed E-state index contributed by atoms with van der Waals surface area (Å²) in [6.07, 6.45) is 6.07. The minimum absolute atomic E-state index is 0.397. The van der Waals surface area contributed by atoms with Gasteiger partial charge in [0.2, 0.25) is 0 Å². The molecule has 2 aromatic heterocycles. The molecule has 0 spiro atoms. The van der Waals surface area contributed by atoms with Gasteiger partial charge < -0.3 is 9.80 Å². The molecule has 0 saturated carbocycles. The fourth-order valence-electron chi connectivity index (χ4n) is 4.68. The van der Waals surface area contributed by atoms with Gasteiger partial charge in [0.15, 0.2) is 5.82 Å². The van der Waals surface area contributed by atoms with Crippen LogP contribution in [-0.4, -0.2) is 40.4 Å². The standard InChI is InChI=1S/C19H18N4.C12H15NO/c1-14-5-7-16(8-6-14)23-11-9-17-15(13-23)12-21-19(22-17)18-4-2-3-10-20-18;1-10-2-4-11(5-3-10)13-8-6-12(14)7-9-13/h2-8,10,12H,9,11,13H2,1H3;2-5H,6-9H2,1H3. The molecule has 1 fully saturated rings. The van der Waals surface area contributed by atoms with Crippen LogP contribution >= 0.6 is 0 Å². The Labute approximate surface area is 219 Å². The van der Waals surface area contributed by atoms with E-state index in [4.69, 9.17) is 4.98 Å². The number of anilines is 2. The molecule has 37 heavy (non-hydrogen) atoms. The minimum atomic E-state index is 0.397. The summed E-state index contributed by atoms with van der Waals surface area (Å²) >= 11 is 0. The average molecular weight is 492 g/mol. The largest absolute Gasteiger partial charge is 0.371 e. The molecule has 0 amide bonds. The summed E-state index contributed by atoms with van der Waals surface area (Å²) in [4.78, 5) is 29.3. The predicted octanol–water partition coefficient (Wildman–Crippen LogP) is 5.57. The number of carbonyl (C=O) groups is 1. The number of carbonyl (C=O) groups excluding carboxylic acids is 1. The van der Waals surface area contributed by atoms with Crippen molar-refractivity contribution in [2.24, 2.45) is 0 Å². The van der Waals surface area contributed by atoms with Crippen LogP contribution in [0.15, 0.2) is 79.1 Å². The zero-order valence-electron chi connectivity index (χ0n) is 21.6. The highest BCUT2D eigenvalue weighted by molar-refractivity contribution is 5.81. The minimum Gasteiger partial charge on any atom is -0.371 e. The number of hydrogen-bond acceptors (Lipinski definition) is 6. The molecule has 0 bridgehead atoms. The summed E-state index contributed by atoms with van der Waals surface area (Å²) in [5, 5.41) is 0. The second-order valence-electron chi connectivity index (χ2n) is 9.75. The number of Topliss-reactive ketones (excluding diaryl/α,β-unsaturated/α-hetero) is 1. The van der Waals surface area contributed by atoms with Gasteiger partial charge in [0.1, 0.15) is 11.5 Å². The normalized spacial score (nSPS) is 15.0. The van der Waals surface area contributed by atoms with Crippen molar-refractivity contribution < 1.29 is 4.79 Å². The summed E-state index contributed by atoms with van der Waals surface area (Å²) in [5.74, 6) is 1.11. The fraction of sp³-hybridized carbons (Fsp3) is 0.290. The van der Waals surface area contributed by atoms with Crippen LogP contribution in [0.4, 0.5) is 11.4 Å². The van der Waals surface area contributed by atoms with E-state index >= 15 is 0 Å². The molecule has 1 saturated heterocycles. The first kappa shape index (κ1) is 24.6. The van der Waals surface area contributed by atoms with Gasteiger partial charge >= 0.3 is 0 Å². The number of nitrogens with zero attached hydrogens (tertiary/aromatic N) is 5. The Kier molecular flexibility index (Phi) is 7.54. The van der Waals surface area contributed by atoms with E-state index < -0.39 is 0 Å². The molecule has 6 rings (SSSR count). The molecule has 6 heteroatoms. The average Bonchev–Trinajstić information content (AvgIpc) is 2.95. The van der Waals surface area contributed by atoms with Crippen LogP contribution in [0.3, 0.4) is 0 Å². The van der Waals surface area contributed by atoms with Crippen LogP contribution in [0, 0.1) is 13.8 Å². The summed E-state index contributed by atoms with van der Waals surface area (Å²) in [6, 6.07) is 23.0. The highest BCUT2D eigenvalue weighted by atomic mass is 16.1. The highest BCUT2D eigenvalue weighted by Gasteiger charge is 2.19. The lowest BCUT2D eigenvalue weighted by Gasteiger charge is -2.30. The van der Waals surface area contributed by atoms with Gasteiger partial charge in [-0.1, -0.05) is 41.5 Å². The van der Waals surface area contributed by atoms with Gasteiger partial charge in [-0.15, -0.1) is 0 Å². The van der Waals surface area contributed by atoms with Gasteiger partial charge in [-0.3, -0.25) is 9.78 Å². The first-order chi connectivity index (χ1) is 18.0. The maximum Gasteiger partial charge on any atom is 0.178 e. The second kappa shape index (κ2) is 11.3. The number of fused-ring (bicyclic) bond motifs is 1. The van der Waals surface area contributed by atoms with Crippen molar-refractivity contribution in [1.29, 1.82) is 0 Å². The maximum absolute atomic E-state index is 11.1. The van der Waals surface area contributed by atoms with Crippen molar-refractivity contribution in [3.8, 4) is 11.5 Å². The van der Waals surface area contributed by atoms with E-state index in [0.717, 1.165) is 44.0 Å². The third kappa shape index (κ3) is 6.20. The molecule has 0 N–H and O–H groups in total. The Morgan fingerprint density at radius 2 is 1.32 bits per heavy atom. The van der Waals surface area contributed by atoms with E-state index in [2.05, 4.69) is 82.1 Å². The molecule has 0 radical (unpaired) electrons. The van der Waals surface area contributed by atoms with Crippen molar-refractivity contribution in [2.45, 2.75) is 39.7 Å². The van der Waals surface area contributed by atoms with Gasteiger partial charge in [-0.05, 0) is 50.2 Å². The third-order valence-corrected chi connectivity index (χ3v) is 6.95. The van der Waals surface area contributed by atoms with Gasteiger partial charge in [-0.2, -0.15) is 0 Å². The number of aromatic nitrogens is 3. The number of benzene rings is 2. The number of piperidine rings is 1. The lowest BCUT2D eigenvalue weighted by Crippen LogP contribution is -2.33. The van der Waals surface area contributed by atoms with Crippen molar-refractivity contribution in [3.63, 3.8) is 0 Å². The van der Waals surface area contributed by atoms with E-state index in [1.807, 2.05) is 24.4 Å². The third-order valence-electron chi connectivity index (χ3n) is 6.95. The lowest BCUT2D eigenvalue weighted by molar-refractivity contribution is -0.119. The number of pyridine rings is 1. The number of hydrogen-bond donors (Lipinski definition) is 0. The van der Waals surface area contributed by atoms with Crippen LogP contribution in [0.25, 0.3) is 11.5 Å². The Hall–Kier alpha value is -4.06. The number of ketones is 1. The van der Waals surface area contributed by atoms with E-state index in [9.17, 15) is 4.79 Å². The number of aryl methyl sites for hydroxylation is 2. The predicted molar refractivity (Wildman–Crippen MR) is 149 cm³/mol. The van der Waals surface area contributed by atoms with Crippen LogP contribution in [0.5, 0.6) is 0 Å². The monoisotopic (exact) mass is 491 g/mol. The fourth-order valence-corrected chi connectivity index (χ4v) is 4.68.